The number of aromatic amines is 1. The van der Waals surface area contributed by atoms with Crippen molar-refractivity contribution >= 4 is 11.0 Å². The Labute approximate surface area is 108 Å². The topological polar surface area (TPSA) is 86.8 Å². The molecule has 0 aliphatic carbocycles. The van der Waals surface area contributed by atoms with Gasteiger partial charge >= 0.3 is 0 Å². The molecule has 0 saturated heterocycles. The highest BCUT2D eigenvalue weighted by Gasteiger charge is 2.16. The fourth-order valence-electron chi connectivity index (χ4n) is 2.16. The van der Waals surface area contributed by atoms with Crippen molar-refractivity contribution in [2.45, 2.75) is 0 Å². The molecule has 0 amide bonds. The van der Waals surface area contributed by atoms with Crippen LogP contribution in [0.25, 0.3) is 22.2 Å². The number of hydrogen-bond donors (Lipinski definition) is 2. The summed E-state index contributed by atoms with van der Waals surface area (Å²) in [5, 5.41) is 30.9. The van der Waals surface area contributed by atoms with E-state index in [0.717, 1.165) is 11.1 Å². The van der Waals surface area contributed by atoms with Crippen molar-refractivity contribution in [3.63, 3.8) is 0 Å². The third-order valence-electron chi connectivity index (χ3n) is 3.00. The first-order chi connectivity index (χ1) is 9.20. The predicted molar refractivity (Wildman–Crippen MR) is 69.1 cm³/mol. The average Bonchev–Trinajstić information content (AvgIpc) is 2.84. The lowest BCUT2D eigenvalue weighted by Gasteiger charge is -2.07. The smallest absolute Gasteiger partial charge is 0.291 e. The van der Waals surface area contributed by atoms with E-state index >= 15 is 0 Å². The van der Waals surface area contributed by atoms with E-state index in [4.69, 9.17) is 5.26 Å². The molecular formula is C14H9N3O2. The Bertz CT molecular complexity index is 815. The lowest BCUT2D eigenvalue weighted by Crippen LogP contribution is -2.26. The summed E-state index contributed by atoms with van der Waals surface area (Å²) in [6.45, 7) is 0. The second kappa shape index (κ2) is 4.03. The van der Waals surface area contributed by atoms with Crippen LogP contribution in [0, 0.1) is 16.5 Å². The Morgan fingerprint density at radius 3 is 2.89 bits per heavy atom. The molecular weight excluding hydrogens is 242 g/mol. The number of phenolic OH excluding ortho intramolecular Hbond substituents is 1. The van der Waals surface area contributed by atoms with Gasteiger partial charge in [0.1, 0.15) is 23.6 Å². The number of hydrogen-bond acceptors (Lipinski definition) is 3. The Hall–Kier alpha value is -3.00. The first kappa shape index (κ1) is 11.1. The lowest BCUT2D eigenvalue weighted by atomic mass is 10.0. The van der Waals surface area contributed by atoms with Crippen LogP contribution in [0.1, 0.15) is 5.56 Å². The Kier molecular flexibility index (Phi) is 2.36. The van der Waals surface area contributed by atoms with Gasteiger partial charge in [-0.25, -0.2) is 9.71 Å². The van der Waals surface area contributed by atoms with E-state index in [1.807, 2.05) is 6.07 Å². The summed E-state index contributed by atoms with van der Waals surface area (Å²) < 4.78 is 0.683. The summed E-state index contributed by atoms with van der Waals surface area (Å²) in [7, 11) is 0. The minimum Gasteiger partial charge on any atom is -0.711 e. The molecule has 0 aliphatic heterocycles. The maximum absolute atomic E-state index is 11.7. The summed E-state index contributed by atoms with van der Waals surface area (Å²) in [6.07, 6.45) is 2.88. The predicted octanol–water partition coefficient (Wildman–Crippen LogP) is 2.05. The van der Waals surface area contributed by atoms with Crippen LogP contribution in [-0.4, -0.2) is 10.1 Å². The van der Waals surface area contributed by atoms with Gasteiger partial charge in [0, 0.05) is 5.56 Å². The van der Waals surface area contributed by atoms with E-state index in [2.05, 4.69) is 11.1 Å². The van der Waals surface area contributed by atoms with E-state index < -0.39 is 0 Å². The van der Waals surface area contributed by atoms with Gasteiger partial charge in [0.05, 0.1) is 11.6 Å². The summed E-state index contributed by atoms with van der Waals surface area (Å²) in [6, 6.07) is 10.4. The van der Waals surface area contributed by atoms with Gasteiger partial charge in [-0.3, -0.25) is 0 Å². The molecule has 0 atom stereocenters. The second-order valence-corrected chi connectivity index (χ2v) is 4.14. The number of rotatable bonds is 1. The first-order valence-corrected chi connectivity index (χ1v) is 5.63. The van der Waals surface area contributed by atoms with Crippen molar-refractivity contribution in [1.82, 2.24) is 4.98 Å². The fourth-order valence-corrected chi connectivity index (χ4v) is 2.16. The normalized spacial score (nSPS) is 10.5. The van der Waals surface area contributed by atoms with Gasteiger partial charge in [-0.1, -0.05) is 12.1 Å². The lowest BCUT2D eigenvalue weighted by molar-refractivity contribution is -0.578. The van der Waals surface area contributed by atoms with Gasteiger partial charge in [0.25, 0.3) is 5.65 Å². The number of nitrogens with one attached hydrogen (secondary N) is 1. The van der Waals surface area contributed by atoms with Gasteiger partial charge in [0.2, 0.25) is 0 Å². The maximum atomic E-state index is 11.7. The molecule has 2 N–H and O–H groups in total. The fraction of sp³-hybridized carbons (Fsp3) is 0. The molecule has 5 heteroatoms. The number of phenols is 1. The van der Waals surface area contributed by atoms with Crippen molar-refractivity contribution in [2.24, 2.45) is 0 Å². The largest absolute Gasteiger partial charge is 0.711 e. The van der Waals surface area contributed by atoms with Gasteiger partial charge in [-0.15, -0.1) is 0 Å². The molecule has 0 fully saturated rings. The molecule has 92 valence electrons. The number of aromatic nitrogens is 2. The zero-order valence-electron chi connectivity index (χ0n) is 9.79. The van der Waals surface area contributed by atoms with Crippen LogP contribution in [0.3, 0.4) is 0 Å². The summed E-state index contributed by atoms with van der Waals surface area (Å²) in [5.41, 5.74) is 2.22. The van der Waals surface area contributed by atoms with Crippen molar-refractivity contribution in [2.75, 3.05) is 0 Å². The van der Waals surface area contributed by atoms with Crippen LogP contribution in [0.15, 0.2) is 42.7 Å². The van der Waals surface area contributed by atoms with E-state index in [1.165, 1.54) is 12.4 Å². The Morgan fingerprint density at radius 1 is 1.32 bits per heavy atom. The number of pyridine rings is 1. The molecule has 0 spiro atoms. The molecule has 3 aromatic rings. The number of fused-ring (bicyclic) bond motifs is 1. The van der Waals surface area contributed by atoms with Crippen molar-refractivity contribution in [3.8, 4) is 22.9 Å². The van der Waals surface area contributed by atoms with E-state index in [9.17, 15) is 10.3 Å². The summed E-state index contributed by atoms with van der Waals surface area (Å²) in [5.74, 6) is 0.138. The SMILES string of the molecule is N#Cc1c[nH]c2c1c(-c1cccc(O)c1)cc[n+]2[O-]. The van der Waals surface area contributed by atoms with Gasteiger partial charge in [-0.2, -0.15) is 5.26 Å². The zero-order valence-corrected chi connectivity index (χ0v) is 9.79. The summed E-state index contributed by atoms with van der Waals surface area (Å²) in [4.78, 5) is 2.80. The van der Waals surface area contributed by atoms with Crippen LogP contribution in [0.4, 0.5) is 0 Å². The molecule has 0 unspecified atom stereocenters. The van der Waals surface area contributed by atoms with Crippen molar-refractivity contribution < 1.29 is 9.84 Å². The standard InChI is InChI=1S/C14H9N3O2/c15-7-10-8-16-14-13(10)12(4-5-17(14)19)9-2-1-3-11(18)6-9/h1-6,8,16,18H. The van der Waals surface area contributed by atoms with Crippen molar-refractivity contribution in [1.29, 1.82) is 5.26 Å². The van der Waals surface area contributed by atoms with Crippen LogP contribution >= 0.6 is 0 Å². The van der Waals surface area contributed by atoms with Crippen LogP contribution in [0.5, 0.6) is 5.75 Å². The molecule has 1 aromatic carbocycles. The minimum absolute atomic E-state index is 0.138. The molecule has 2 aromatic heterocycles. The highest BCUT2D eigenvalue weighted by atomic mass is 16.5. The highest BCUT2D eigenvalue weighted by Crippen LogP contribution is 2.30. The van der Waals surface area contributed by atoms with Gasteiger partial charge < -0.3 is 10.3 Å². The van der Waals surface area contributed by atoms with Crippen LogP contribution in [-0.2, 0) is 0 Å². The minimum atomic E-state index is 0.138. The summed E-state index contributed by atoms with van der Waals surface area (Å²) >= 11 is 0. The monoisotopic (exact) mass is 251 g/mol. The van der Waals surface area contributed by atoms with Gasteiger partial charge in [0.15, 0.2) is 0 Å². The highest BCUT2D eigenvalue weighted by molar-refractivity contribution is 5.95. The zero-order chi connectivity index (χ0) is 13.4. The van der Waals surface area contributed by atoms with E-state index in [-0.39, 0.29) is 5.75 Å². The van der Waals surface area contributed by atoms with Crippen LogP contribution < -0.4 is 4.73 Å². The Balaban J connectivity index is 2.39. The molecule has 0 aliphatic rings. The van der Waals surface area contributed by atoms with Crippen LogP contribution in [0.2, 0.25) is 0 Å². The quantitative estimate of drug-likeness (QED) is 0.512. The number of nitriles is 1. The molecule has 2 heterocycles. The molecule has 0 saturated carbocycles. The van der Waals surface area contributed by atoms with E-state index in [1.54, 1.807) is 24.3 Å². The maximum Gasteiger partial charge on any atom is 0.291 e. The average molecular weight is 251 g/mol. The molecule has 0 bridgehead atoms. The molecule has 3 rings (SSSR count). The molecule has 19 heavy (non-hydrogen) atoms. The number of nitrogens with zero attached hydrogens (tertiary/aromatic N) is 2. The first-order valence-electron chi connectivity index (χ1n) is 5.63. The third-order valence-corrected chi connectivity index (χ3v) is 3.00. The van der Waals surface area contributed by atoms with Gasteiger partial charge in [-0.05, 0) is 23.8 Å². The number of benzene rings is 1. The Morgan fingerprint density at radius 2 is 2.16 bits per heavy atom. The van der Waals surface area contributed by atoms with Crippen molar-refractivity contribution in [3.05, 3.63) is 53.5 Å². The van der Waals surface area contributed by atoms with E-state index in [0.29, 0.717) is 21.3 Å². The number of H-pyrrole nitrogens is 1. The number of aromatic hydroxyl groups is 1. The third kappa shape index (κ3) is 1.67. The molecule has 0 radical (unpaired) electrons. The second-order valence-electron chi connectivity index (χ2n) is 4.14. The molecule has 5 nitrogen and oxygen atoms in total.